The molecule has 7 nitrogen and oxygen atoms in total. The van der Waals surface area contributed by atoms with E-state index < -0.39 is 29.4 Å². The molecule has 1 rings (SSSR count). The zero-order valence-electron chi connectivity index (χ0n) is 11.6. The normalized spacial score (nSPS) is 9.95. The minimum atomic E-state index is -0.963. The largest absolute Gasteiger partial charge is 0.481 e. The second-order valence-electron chi connectivity index (χ2n) is 4.19. The highest BCUT2D eigenvalue weighted by atomic mass is 35.5. The van der Waals surface area contributed by atoms with E-state index in [1.807, 2.05) is 0 Å². The first kappa shape index (κ1) is 17.7. The van der Waals surface area contributed by atoms with E-state index in [1.165, 1.54) is 0 Å². The van der Waals surface area contributed by atoms with Crippen LogP contribution in [-0.2, 0) is 9.53 Å². The standard InChI is InChI=1S/C13H14ClFN2O5/c1-22-12(20)8-5-7(6-9(14)11(8)15)17-13(21)16-4-2-3-10(18)19/h5-6H,2-4H2,1H3,(H,18,19)(H2,16,17,21). The van der Waals surface area contributed by atoms with Crippen LogP contribution in [0.15, 0.2) is 12.1 Å². The molecule has 0 aliphatic rings. The molecule has 0 unspecified atom stereocenters. The van der Waals surface area contributed by atoms with Crippen molar-refractivity contribution in [2.75, 3.05) is 19.0 Å². The SMILES string of the molecule is COC(=O)c1cc(NC(=O)NCCCC(=O)O)cc(Cl)c1F. The molecule has 1 aromatic rings. The van der Waals surface area contributed by atoms with E-state index in [-0.39, 0.29) is 30.1 Å². The Morgan fingerprint density at radius 3 is 2.64 bits per heavy atom. The monoisotopic (exact) mass is 332 g/mol. The van der Waals surface area contributed by atoms with Crippen LogP contribution in [0.1, 0.15) is 23.2 Å². The van der Waals surface area contributed by atoms with E-state index in [2.05, 4.69) is 15.4 Å². The van der Waals surface area contributed by atoms with Crippen LogP contribution in [0, 0.1) is 5.82 Å². The van der Waals surface area contributed by atoms with Crippen LogP contribution in [0.25, 0.3) is 0 Å². The van der Waals surface area contributed by atoms with Gasteiger partial charge in [-0.1, -0.05) is 11.6 Å². The molecule has 0 radical (unpaired) electrons. The molecule has 0 aromatic heterocycles. The first-order chi connectivity index (χ1) is 10.3. The zero-order chi connectivity index (χ0) is 16.7. The molecular weight excluding hydrogens is 319 g/mol. The third-order valence-electron chi connectivity index (χ3n) is 2.54. The number of amides is 2. The summed E-state index contributed by atoms with van der Waals surface area (Å²) >= 11 is 5.65. The maximum atomic E-state index is 13.7. The number of carboxylic acids is 1. The average molecular weight is 333 g/mol. The van der Waals surface area contributed by atoms with E-state index >= 15 is 0 Å². The number of aliphatic carboxylic acids is 1. The summed E-state index contributed by atoms with van der Waals surface area (Å²) in [7, 11) is 1.09. The van der Waals surface area contributed by atoms with Gasteiger partial charge in [0.25, 0.3) is 0 Å². The van der Waals surface area contributed by atoms with E-state index in [0.717, 1.165) is 19.2 Å². The molecule has 0 saturated heterocycles. The van der Waals surface area contributed by atoms with E-state index in [0.29, 0.717) is 0 Å². The van der Waals surface area contributed by atoms with Gasteiger partial charge < -0.3 is 20.5 Å². The summed E-state index contributed by atoms with van der Waals surface area (Å²) in [6.45, 7) is 0.150. The van der Waals surface area contributed by atoms with Crippen LogP contribution < -0.4 is 10.6 Å². The molecule has 0 heterocycles. The lowest BCUT2D eigenvalue weighted by atomic mass is 10.2. The first-order valence-electron chi connectivity index (χ1n) is 6.19. The number of carbonyl (C=O) groups excluding carboxylic acids is 2. The topological polar surface area (TPSA) is 105 Å². The highest BCUT2D eigenvalue weighted by Gasteiger charge is 2.17. The summed E-state index contributed by atoms with van der Waals surface area (Å²) in [6, 6.07) is 1.59. The Morgan fingerprint density at radius 1 is 1.36 bits per heavy atom. The number of methoxy groups -OCH3 is 1. The highest BCUT2D eigenvalue weighted by molar-refractivity contribution is 6.31. The predicted octanol–water partition coefficient (Wildman–Crippen LogP) is 2.25. The Kier molecular flexibility index (Phi) is 6.58. The van der Waals surface area contributed by atoms with Crippen LogP contribution in [0.3, 0.4) is 0 Å². The molecule has 0 spiro atoms. The lowest BCUT2D eigenvalue weighted by Gasteiger charge is -2.10. The zero-order valence-corrected chi connectivity index (χ0v) is 12.4. The van der Waals surface area contributed by atoms with Gasteiger partial charge in [-0.25, -0.2) is 14.0 Å². The Hall–Kier alpha value is -2.35. The fourth-order valence-corrected chi connectivity index (χ4v) is 1.76. The van der Waals surface area contributed by atoms with Gasteiger partial charge in [0, 0.05) is 18.7 Å². The van der Waals surface area contributed by atoms with Crippen LogP contribution in [0.2, 0.25) is 5.02 Å². The first-order valence-corrected chi connectivity index (χ1v) is 6.57. The van der Waals surface area contributed by atoms with Gasteiger partial charge in [-0.15, -0.1) is 0 Å². The molecule has 0 aliphatic heterocycles. The Labute approximate surface area is 130 Å². The molecule has 0 bridgehead atoms. The van der Waals surface area contributed by atoms with Crippen molar-refractivity contribution in [1.82, 2.24) is 5.32 Å². The maximum Gasteiger partial charge on any atom is 0.340 e. The van der Waals surface area contributed by atoms with Crippen molar-refractivity contribution in [2.24, 2.45) is 0 Å². The molecule has 1 aromatic carbocycles. The summed E-state index contributed by atoms with van der Waals surface area (Å²) < 4.78 is 18.1. The van der Waals surface area contributed by atoms with Gasteiger partial charge in [0.1, 0.15) is 0 Å². The quantitative estimate of drug-likeness (QED) is 0.547. The average Bonchev–Trinajstić information content (AvgIpc) is 2.46. The molecular formula is C13H14ClFN2O5. The minimum absolute atomic E-state index is 0.0743. The second kappa shape index (κ2) is 8.18. The predicted molar refractivity (Wildman–Crippen MR) is 76.6 cm³/mol. The third-order valence-corrected chi connectivity index (χ3v) is 2.82. The van der Waals surface area contributed by atoms with E-state index in [1.54, 1.807) is 0 Å². The van der Waals surface area contributed by atoms with Crippen LogP contribution in [0.5, 0.6) is 0 Å². The number of nitrogens with one attached hydrogen (secondary N) is 2. The minimum Gasteiger partial charge on any atom is -0.481 e. The van der Waals surface area contributed by atoms with Crippen molar-refractivity contribution in [3.8, 4) is 0 Å². The number of ether oxygens (including phenoxy) is 1. The summed E-state index contributed by atoms with van der Waals surface area (Å²) in [5.41, 5.74) is -0.307. The summed E-state index contributed by atoms with van der Waals surface area (Å²) in [6.07, 6.45) is 0.190. The van der Waals surface area contributed by atoms with Gasteiger partial charge in [-0.05, 0) is 18.6 Å². The smallest absolute Gasteiger partial charge is 0.340 e. The number of hydrogen-bond donors (Lipinski definition) is 3. The Bertz CT molecular complexity index is 594. The summed E-state index contributed by atoms with van der Waals surface area (Å²) in [4.78, 5) is 33.3. The van der Waals surface area contributed by atoms with Gasteiger partial charge in [-0.3, -0.25) is 4.79 Å². The molecule has 0 atom stereocenters. The molecule has 2 amide bonds. The summed E-state index contributed by atoms with van der Waals surface area (Å²) in [5.74, 6) is -2.83. The molecule has 0 fully saturated rings. The lowest BCUT2D eigenvalue weighted by Crippen LogP contribution is -2.30. The molecule has 120 valence electrons. The molecule has 22 heavy (non-hydrogen) atoms. The van der Waals surface area contributed by atoms with Crippen molar-refractivity contribution in [3.05, 3.63) is 28.5 Å². The van der Waals surface area contributed by atoms with Crippen molar-refractivity contribution >= 4 is 35.3 Å². The maximum absolute atomic E-state index is 13.7. The lowest BCUT2D eigenvalue weighted by molar-refractivity contribution is -0.137. The van der Waals surface area contributed by atoms with Crippen LogP contribution >= 0.6 is 11.6 Å². The highest BCUT2D eigenvalue weighted by Crippen LogP contribution is 2.24. The number of urea groups is 1. The Balaban J connectivity index is 2.69. The fraction of sp³-hybridized carbons (Fsp3) is 0.308. The number of anilines is 1. The van der Waals surface area contributed by atoms with Crippen molar-refractivity contribution in [3.63, 3.8) is 0 Å². The molecule has 0 aliphatic carbocycles. The third kappa shape index (κ3) is 5.21. The number of carboxylic acid groups (broad SMARTS) is 1. The summed E-state index contributed by atoms with van der Waals surface area (Å²) in [5, 5.41) is 12.9. The van der Waals surface area contributed by atoms with Gasteiger partial charge in [0.15, 0.2) is 5.82 Å². The number of carbonyl (C=O) groups is 3. The van der Waals surface area contributed by atoms with Crippen molar-refractivity contribution in [1.29, 1.82) is 0 Å². The van der Waals surface area contributed by atoms with Crippen LogP contribution in [-0.4, -0.2) is 36.7 Å². The number of halogens is 2. The number of hydrogen-bond acceptors (Lipinski definition) is 4. The van der Waals surface area contributed by atoms with Crippen LogP contribution in [0.4, 0.5) is 14.9 Å². The van der Waals surface area contributed by atoms with Gasteiger partial charge in [0.05, 0.1) is 17.7 Å². The number of rotatable bonds is 6. The van der Waals surface area contributed by atoms with Crippen molar-refractivity contribution < 1.29 is 28.6 Å². The van der Waals surface area contributed by atoms with Gasteiger partial charge in [0.2, 0.25) is 0 Å². The molecule has 0 saturated carbocycles. The second-order valence-corrected chi connectivity index (χ2v) is 4.60. The number of benzene rings is 1. The fourth-order valence-electron chi connectivity index (χ4n) is 1.54. The van der Waals surface area contributed by atoms with Gasteiger partial charge in [-0.2, -0.15) is 0 Å². The number of esters is 1. The molecule has 9 heteroatoms. The van der Waals surface area contributed by atoms with E-state index in [4.69, 9.17) is 16.7 Å². The van der Waals surface area contributed by atoms with Crippen molar-refractivity contribution in [2.45, 2.75) is 12.8 Å². The van der Waals surface area contributed by atoms with Gasteiger partial charge >= 0.3 is 18.0 Å². The Morgan fingerprint density at radius 2 is 2.05 bits per heavy atom. The molecule has 3 N–H and O–H groups in total. The van der Waals surface area contributed by atoms with E-state index in [9.17, 15) is 18.8 Å².